The molecule has 0 aliphatic heterocycles. The number of rotatable bonds is 5. The van der Waals surface area contributed by atoms with Crippen molar-refractivity contribution < 1.29 is 19.1 Å². The van der Waals surface area contributed by atoms with Gasteiger partial charge in [-0.15, -0.1) is 0 Å². The Labute approximate surface area is 122 Å². The largest absolute Gasteiger partial charge is 0.480 e. The van der Waals surface area contributed by atoms with E-state index in [2.05, 4.69) is 5.32 Å². The summed E-state index contributed by atoms with van der Waals surface area (Å²) in [5.41, 5.74) is 1.94. The van der Waals surface area contributed by atoms with Crippen molar-refractivity contribution >= 4 is 11.9 Å². The third-order valence-electron chi connectivity index (χ3n) is 3.25. The number of carboxylic acids is 1. The van der Waals surface area contributed by atoms with Crippen LogP contribution < -0.4 is 5.32 Å². The zero-order chi connectivity index (χ0) is 15.4. The summed E-state index contributed by atoms with van der Waals surface area (Å²) in [5, 5.41) is 11.4. The molecular formula is C16H17NO4. The molecule has 0 saturated heterocycles. The summed E-state index contributed by atoms with van der Waals surface area (Å²) in [7, 11) is 0. The lowest BCUT2D eigenvalue weighted by Crippen LogP contribution is -2.40. The lowest BCUT2D eigenvalue weighted by molar-refractivity contribution is -0.139. The first kappa shape index (κ1) is 14.8. The highest BCUT2D eigenvalue weighted by atomic mass is 16.4. The predicted molar refractivity (Wildman–Crippen MR) is 78.1 cm³/mol. The Morgan fingerprint density at radius 1 is 1.24 bits per heavy atom. The number of carboxylic acid groups (broad SMARTS) is 1. The summed E-state index contributed by atoms with van der Waals surface area (Å²) in [6.07, 6.45) is 0.312. The van der Waals surface area contributed by atoms with Crippen molar-refractivity contribution in [3.05, 3.63) is 47.7 Å². The SMILES string of the molecule is CC[C@H](NC(=O)c1ccc(-c2ccccc2C)o1)C(=O)O. The van der Waals surface area contributed by atoms with E-state index in [4.69, 9.17) is 9.52 Å². The summed E-state index contributed by atoms with van der Waals surface area (Å²) in [6.45, 7) is 3.65. The molecule has 1 aromatic carbocycles. The summed E-state index contributed by atoms with van der Waals surface area (Å²) >= 11 is 0. The van der Waals surface area contributed by atoms with Gasteiger partial charge in [-0.3, -0.25) is 4.79 Å². The second-order valence-electron chi connectivity index (χ2n) is 4.75. The number of amides is 1. The lowest BCUT2D eigenvalue weighted by atomic mass is 10.1. The molecule has 1 amide bonds. The van der Waals surface area contributed by atoms with Crippen molar-refractivity contribution in [3.8, 4) is 11.3 Å². The maximum Gasteiger partial charge on any atom is 0.326 e. The minimum atomic E-state index is -1.06. The van der Waals surface area contributed by atoms with E-state index in [0.29, 0.717) is 12.2 Å². The van der Waals surface area contributed by atoms with E-state index in [1.165, 1.54) is 0 Å². The molecule has 0 aliphatic carbocycles. The summed E-state index contributed by atoms with van der Waals surface area (Å²) in [5.74, 6) is -0.893. The van der Waals surface area contributed by atoms with E-state index in [1.807, 2.05) is 31.2 Å². The minimum absolute atomic E-state index is 0.105. The molecule has 0 aliphatic rings. The van der Waals surface area contributed by atoms with Gasteiger partial charge in [-0.1, -0.05) is 31.2 Å². The van der Waals surface area contributed by atoms with Gasteiger partial charge in [-0.25, -0.2) is 4.79 Å². The van der Waals surface area contributed by atoms with Gasteiger partial charge in [-0.05, 0) is 31.0 Å². The fourth-order valence-corrected chi connectivity index (χ4v) is 2.02. The predicted octanol–water partition coefficient (Wildman–Crippen LogP) is 2.85. The van der Waals surface area contributed by atoms with E-state index in [9.17, 15) is 9.59 Å². The fourth-order valence-electron chi connectivity index (χ4n) is 2.02. The van der Waals surface area contributed by atoms with Crippen LogP contribution in [0.25, 0.3) is 11.3 Å². The van der Waals surface area contributed by atoms with Crippen LogP contribution in [0.1, 0.15) is 29.5 Å². The highest BCUT2D eigenvalue weighted by Gasteiger charge is 2.20. The zero-order valence-electron chi connectivity index (χ0n) is 11.9. The van der Waals surface area contributed by atoms with Crippen molar-refractivity contribution in [2.24, 2.45) is 0 Å². The number of nitrogens with one attached hydrogen (secondary N) is 1. The van der Waals surface area contributed by atoms with E-state index in [-0.39, 0.29) is 5.76 Å². The van der Waals surface area contributed by atoms with Crippen molar-refractivity contribution in [2.45, 2.75) is 26.3 Å². The minimum Gasteiger partial charge on any atom is -0.480 e. The smallest absolute Gasteiger partial charge is 0.326 e. The van der Waals surface area contributed by atoms with Gasteiger partial charge in [0.15, 0.2) is 5.76 Å². The van der Waals surface area contributed by atoms with Crippen molar-refractivity contribution in [2.75, 3.05) is 0 Å². The van der Waals surface area contributed by atoms with Crippen LogP contribution in [0, 0.1) is 6.92 Å². The Bertz CT molecular complexity index is 660. The second-order valence-corrected chi connectivity index (χ2v) is 4.75. The number of benzene rings is 1. The molecule has 1 heterocycles. The number of carbonyl (C=O) groups excluding carboxylic acids is 1. The van der Waals surface area contributed by atoms with Crippen LogP contribution in [-0.4, -0.2) is 23.0 Å². The van der Waals surface area contributed by atoms with Gasteiger partial charge in [-0.2, -0.15) is 0 Å². The molecule has 0 radical (unpaired) electrons. The van der Waals surface area contributed by atoms with E-state index in [1.54, 1.807) is 19.1 Å². The van der Waals surface area contributed by atoms with Gasteiger partial charge >= 0.3 is 5.97 Å². The molecule has 2 N–H and O–H groups in total. The molecule has 1 aromatic heterocycles. The Kier molecular flexibility index (Phi) is 4.42. The highest BCUT2D eigenvalue weighted by Crippen LogP contribution is 2.25. The van der Waals surface area contributed by atoms with Gasteiger partial charge in [0, 0.05) is 5.56 Å². The van der Waals surface area contributed by atoms with Gasteiger partial charge in [0.25, 0.3) is 5.91 Å². The number of furan rings is 1. The normalized spacial score (nSPS) is 11.9. The molecule has 0 saturated carbocycles. The van der Waals surface area contributed by atoms with Crippen molar-refractivity contribution in [1.82, 2.24) is 5.32 Å². The third-order valence-corrected chi connectivity index (χ3v) is 3.25. The van der Waals surface area contributed by atoms with Crippen LogP contribution in [-0.2, 0) is 4.79 Å². The maximum absolute atomic E-state index is 12.0. The molecular weight excluding hydrogens is 270 g/mol. The second kappa shape index (κ2) is 6.26. The van der Waals surface area contributed by atoms with Crippen molar-refractivity contribution in [1.29, 1.82) is 0 Å². The zero-order valence-corrected chi connectivity index (χ0v) is 11.9. The average Bonchev–Trinajstić information content (AvgIpc) is 2.94. The van der Waals surface area contributed by atoms with Gasteiger partial charge in [0.2, 0.25) is 0 Å². The van der Waals surface area contributed by atoms with Gasteiger partial charge in [0.1, 0.15) is 11.8 Å². The first-order chi connectivity index (χ1) is 10.0. The standard InChI is InChI=1S/C16H17NO4/c1-3-12(16(19)20)17-15(18)14-9-8-13(21-14)11-7-5-4-6-10(11)2/h4-9,12H,3H2,1-2H3,(H,17,18)(H,19,20)/t12-/m0/s1. The molecule has 2 aromatic rings. The van der Waals surface area contributed by atoms with Gasteiger partial charge < -0.3 is 14.8 Å². The fraction of sp³-hybridized carbons (Fsp3) is 0.250. The summed E-state index contributed by atoms with van der Waals surface area (Å²) < 4.78 is 5.53. The maximum atomic E-state index is 12.0. The van der Waals surface area contributed by atoms with E-state index < -0.39 is 17.9 Å². The monoisotopic (exact) mass is 287 g/mol. The Hall–Kier alpha value is -2.56. The highest BCUT2D eigenvalue weighted by molar-refractivity contribution is 5.94. The Morgan fingerprint density at radius 3 is 2.57 bits per heavy atom. The lowest BCUT2D eigenvalue weighted by Gasteiger charge is -2.10. The average molecular weight is 287 g/mol. The first-order valence-corrected chi connectivity index (χ1v) is 6.72. The third kappa shape index (κ3) is 3.31. The van der Waals surface area contributed by atoms with E-state index >= 15 is 0 Å². The van der Waals surface area contributed by atoms with Crippen LogP contribution in [0.3, 0.4) is 0 Å². The molecule has 0 unspecified atom stereocenters. The Balaban J connectivity index is 2.18. The van der Waals surface area contributed by atoms with E-state index in [0.717, 1.165) is 11.1 Å². The van der Waals surface area contributed by atoms with Gasteiger partial charge in [0.05, 0.1) is 0 Å². The molecule has 0 spiro atoms. The number of hydrogen-bond donors (Lipinski definition) is 2. The summed E-state index contributed by atoms with van der Waals surface area (Å²) in [6, 6.07) is 10.0. The number of hydrogen-bond acceptors (Lipinski definition) is 3. The van der Waals surface area contributed by atoms with Crippen LogP contribution in [0.2, 0.25) is 0 Å². The Morgan fingerprint density at radius 2 is 1.95 bits per heavy atom. The van der Waals surface area contributed by atoms with Crippen LogP contribution in [0.5, 0.6) is 0 Å². The number of aliphatic carboxylic acids is 1. The molecule has 0 bridgehead atoms. The van der Waals surface area contributed by atoms with Crippen molar-refractivity contribution in [3.63, 3.8) is 0 Å². The topological polar surface area (TPSA) is 79.5 Å². The first-order valence-electron chi connectivity index (χ1n) is 6.72. The number of aryl methyl sites for hydroxylation is 1. The molecule has 5 nitrogen and oxygen atoms in total. The molecule has 5 heteroatoms. The summed E-state index contributed by atoms with van der Waals surface area (Å²) in [4.78, 5) is 22.9. The van der Waals surface area contributed by atoms with Crippen LogP contribution in [0.15, 0.2) is 40.8 Å². The molecule has 21 heavy (non-hydrogen) atoms. The van der Waals surface area contributed by atoms with Crippen LogP contribution >= 0.6 is 0 Å². The molecule has 1 atom stereocenters. The quantitative estimate of drug-likeness (QED) is 0.886. The molecule has 0 fully saturated rings. The molecule has 2 rings (SSSR count). The molecule has 110 valence electrons. The van der Waals surface area contributed by atoms with Crippen LogP contribution in [0.4, 0.5) is 0 Å². The number of carbonyl (C=O) groups is 2.